The highest BCUT2D eigenvalue weighted by Crippen LogP contribution is 2.36. The van der Waals surface area contributed by atoms with Crippen LogP contribution in [0.4, 0.5) is 15.8 Å². The number of anilines is 2. The molecule has 2 N–H and O–H groups in total. The smallest absolute Gasteiger partial charge is 0.227 e. The van der Waals surface area contributed by atoms with Gasteiger partial charge in [-0.15, -0.1) is 0 Å². The van der Waals surface area contributed by atoms with Crippen LogP contribution in [0.2, 0.25) is 5.02 Å². The summed E-state index contributed by atoms with van der Waals surface area (Å²) in [6, 6.07) is 12.4. The van der Waals surface area contributed by atoms with Gasteiger partial charge < -0.3 is 20.3 Å². The summed E-state index contributed by atoms with van der Waals surface area (Å²) in [7, 11) is 1.65. The molecule has 0 bridgehead atoms. The fourth-order valence-corrected chi connectivity index (χ4v) is 4.46. The number of hydrogen-bond donors (Lipinski definition) is 2. The molecule has 1 saturated heterocycles. The third kappa shape index (κ3) is 4.52. The molecule has 0 radical (unpaired) electrons. The number of piperidine rings is 1. The lowest BCUT2D eigenvalue weighted by molar-refractivity contribution is -0.131. The Labute approximate surface area is 186 Å². The van der Waals surface area contributed by atoms with E-state index in [0.717, 1.165) is 30.1 Å². The molecule has 31 heavy (non-hydrogen) atoms. The minimum absolute atomic E-state index is 0.0677. The summed E-state index contributed by atoms with van der Waals surface area (Å²) in [5.41, 5.74) is 1.63. The number of likely N-dealkylation sites (tertiary alicyclic amines) is 1. The highest BCUT2D eigenvalue weighted by molar-refractivity contribution is 6.31. The Morgan fingerprint density at radius 3 is 2.84 bits per heavy atom. The highest BCUT2D eigenvalue weighted by Gasteiger charge is 2.44. The molecule has 6 nitrogen and oxygen atoms in total. The molecule has 1 amide bonds. The van der Waals surface area contributed by atoms with Gasteiger partial charge in [-0.2, -0.15) is 0 Å². The summed E-state index contributed by atoms with van der Waals surface area (Å²) >= 11 is 6.14. The number of nitrogens with zero attached hydrogens (tertiary/aromatic N) is 2. The topological polar surface area (TPSA) is 66.0 Å². The summed E-state index contributed by atoms with van der Waals surface area (Å²) < 4.78 is 19.4. The number of para-hydroxylation sites is 2. The zero-order valence-electron chi connectivity index (χ0n) is 17.5. The first-order chi connectivity index (χ1) is 15.0. The van der Waals surface area contributed by atoms with Crippen molar-refractivity contribution in [3.63, 3.8) is 0 Å². The van der Waals surface area contributed by atoms with Crippen LogP contribution in [0.15, 0.2) is 47.5 Å². The van der Waals surface area contributed by atoms with Crippen molar-refractivity contribution in [3.8, 4) is 0 Å². The molecule has 1 spiro atoms. The first kappa shape index (κ1) is 21.6. The highest BCUT2D eigenvalue weighted by atomic mass is 35.5. The van der Waals surface area contributed by atoms with Crippen LogP contribution in [0.25, 0.3) is 0 Å². The average Bonchev–Trinajstić information content (AvgIpc) is 2.77. The molecule has 0 aromatic heterocycles. The predicted molar refractivity (Wildman–Crippen MR) is 122 cm³/mol. The van der Waals surface area contributed by atoms with Gasteiger partial charge in [0.05, 0.1) is 37.5 Å². The largest absolute Gasteiger partial charge is 0.383 e. The summed E-state index contributed by atoms with van der Waals surface area (Å²) in [6.45, 7) is 2.08. The van der Waals surface area contributed by atoms with Gasteiger partial charge in [0.2, 0.25) is 5.91 Å². The molecule has 2 aliphatic rings. The van der Waals surface area contributed by atoms with E-state index in [1.165, 1.54) is 6.07 Å². The van der Waals surface area contributed by atoms with E-state index in [1.54, 1.807) is 24.1 Å². The van der Waals surface area contributed by atoms with E-state index in [0.29, 0.717) is 26.2 Å². The van der Waals surface area contributed by atoms with Crippen LogP contribution in [0.1, 0.15) is 18.4 Å². The van der Waals surface area contributed by atoms with Gasteiger partial charge in [0.1, 0.15) is 17.2 Å². The van der Waals surface area contributed by atoms with Crippen molar-refractivity contribution >= 4 is 34.7 Å². The van der Waals surface area contributed by atoms with E-state index in [4.69, 9.17) is 21.3 Å². The second-order valence-electron chi connectivity index (χ2n) is 7.90. The first-order valence-corrected chi connectivity index (χ1v) is 10.8. The van der Waals surface area contributed by atoms with Gasteiger partial charge in [-0.25, -0.2) is 4.39 Å². The maximum atomic E-state index is 14.2. The third-order valence-corrected chi connectivity index (χ3v) is 6.16. The number of carbonyl (C=O) groups is 1. The molecule has 2 aliphatic heterocycles. The van der Waals surface area contributed by atoms with Crippen molar-refractivity contribution < 1.29 is 13.9 Å². The average molecular weight is 445 g/mol. The monoisotopic (exact) mass is 444 g/mol. The quantitative estimate of drug-likeness (QED) is 0.685. The summed E-state index contributed by atoms with van der Waals surface area (Å²) in [5, 5.41) is 7.36. The van der Waals surface area contributed by atoms with Gasteiger partial charge in [0.15, 0.2) is 0 Å². The molecule has 0 saturated carbocycles. The summed E-state index contributed by atoms with van der Waals surface area (Å²) in [6.07, 6.45) is 1.56. The lowest BCUT2D eigenvalue weighted by Crippen LogP contribution is -2.62. The third-order valence-electron chi connectivity index (χ3n) is 5.81. The van der Waals surface area contributed by atoms with Crippen molar-refractivity contribution in [1.29, 1.82) is 0 Å². The number of amides is 1. The van der Waals surface area contributed by atoms with Gasteiger partial charge in [-0.3, -0.25) is 9.79 Å². The molecular weight excluding hydrogens is 419 g/mol. The van der Waals surface area contributed by atoms with Crippen LogP contribution >= 0.6 is 11.6 Å². The van der Waals surface area contributed by atoms with E-state index in [9.17, 15) is 9.18 Å². The molecule has 4 rings (SSSR count). The number of aliphatic imine (C=N–C) groups is 1. The number of benzene rings is 2. The van der Waals surface area contributed by atoms with E-state index in [1.807, 2.05) is 24.3 Å². The van der Waals surface area contributed by atoms with Crippen LogP contribution < -0.4 is 10.6 Å². The maximum Gasteiger partial charge on any atom is 0.227 e. The molecule has 2 aromatic carbocycles. The Balaban J connectivity index is 1.59. The number of carbonyl (C=O) groups excluding carboxylic acids is 1. The summed E-state index contributed by atoms with van der Waals surface area (Å²) in [5.74, 6) is 0.188. The molecule has 2 heterocycles. The van der Waals surface area contributed by atoms with Gasteiger partial charge >= 0.3 is 0 Å². The molecule has 8 heteroatoms. The van der Waals surface area contributed by atoms with E-state index < -0.39 is 11.4 Å². The fourth-order valence-electron chi connectivity index (χ4n) is 4.23. The predicted octanol–water partition coefficient (Wildman–Crippen LogP) is 3.97. The van der Waals surface area contributed by atoms with Gasteiger partial charge in [0.25, 0.3) is 0 Å². The standard InChI is InChI=1S/C23H26ClFN4O2/c1-31-13-11-26-22-23(28-20-9-3-2-8-19(20)27-22)10-5-12-29(15-23)21(30)14-16-17(24)6-4-7-18(16)25/h2-4,6-9,28H,5,10-15H2,1H3,(H,26,27). The Hall–Kier alpha value is -2.64. The van der Waals surface area contributed by atoms with Crippen molar-refractivity contribution in [2.75, 3.05) is 44.0 Å². The fraction of sp³-hybridized carbons (Fsp3) is 0.391. The van der Waals surface area contributed by atoms with Crippen LogP contribution in [-0.2, 0) is 16.0 Å². The Morgan fingerprint density at radius 1 is 1.26 bits per heavy atom. The van der Waals surface area contributed by atoms with Crippen molar-refractivity contribution in [2.24, 2.45) is 4.99 Å². The van der Waals surface area contributed by atoms with Crippen molar-refractivity contribution in [1.82, 2.24) is 4.90 Å². The normalized spacial score (nSPS) is 21.5. The van der Waals surface area contributed by atoms with Crippen LogP contribution in [-0.4, -0.2) is 55.5 Å². The molecular formula is C23H26ClFN4O2. The summed E-state index contributed by atoms with van der Waals surface area (Å²) in [4.78, 5) is 19.6. The SMILES string of the molecule is COCCN=C1Nc2ccccc2NC12CCCN(C(=O)Cc1c(F)cccc1Cl)C2. The van der Waals surface area contributed by atoms with E-state index >= 15 is 0 Å². The van der Waals surface area contributed by atoms with Gasteiger partial charge in [-0.05, 0) is 37.1 Å². The molecule has 164 valence electrons. The minimum atomic E-state index is -0.533. The van der Waals surface area contributed by atoms with Crippen LogP contribution in [0.3, 0.4) is 0 Å². The maximum absolute atomic E-state index is 14.2. The number of rotatable bonds is 5. The van der Waals surface area contributed by atoms with Gasteiger partial charge in [0, 0.05) is 24.2 Å². The first-order valence-electron chi connectivity index (χ1n) is 10.4. The Bertz CT molecular complexity index is 979. The second-order valence-corrected chi connectivity index (χ2v) is 8.30. The zero-order chi connectivity index (χ0) is 21.8. The number of nitrogens with one attached hydrogen (secondary N) is 2. The van der Waals surface area contributed by atoms with E-state index in [2.05, 4.69) is 10.6 Å². The zero-order valence-corrected chi connectivity index (χ0v) is 18.2. The van der Waals surface area contributed by atoms with Gasteiger partial charge in [-0.1, -0.05) is 29.8 Å². The number of amidine groups is 1. The number of hydrogen-bond acceptors (Lipinski definition) is 4. The second kappa shape index (κ2) is 9.24. The van der Waals surface area contributed by atoms with Crippen LogP contribution in [0.5, 0.6) is 0 Å². The molecule has 1 unspecified atom stereocenters. The van der Waals surface area contributed by atoms with Crippen molar-refractivity contribution in [2.45, 2.75) is 24.8 Å². The minimum Gasteiger partial charge on any atom is -0.383 e. The number of methoxy groups -OCH3 is 1. The molecule has 1 fully saturated rings. The molecule has 1 atom stereocenters. The Kier molecular flexibility index (Phi) is 6.43. The Morgan fingerprint density at radius 2 is 2.06 bits per heavy atom. The molecule has 2 aromatic rings. The number of halogens is 2. The van der Waals surface area contributed by atoms with Crippen LogP contribution in [0, 0.1) is 5.82 Å². The number of fused-ring (bicyclic) bond motifs is 1. The lowest BCUT2D eigenvalue weighted by atomic mass is 9.85. The molecule has 0 aliphatic carbocycles. The van der Waals surface area contributed by atoms with Crippen molar-refractivity contribution in [3.05, 3.63) is 58.9 Å². The lowest BCUT2D eigenvalue weighted by Gasteiger charge is -2.47. The number of ether oxygens (including phenoxy) is 1. The van der Waals surface area contributed by atoms with E-state index in [-0.39, 0.29) is 22.9 Å².